The highest BCUT2D eigenvalue weighted by Crippen LogP contribution is 2.24. The number of amides is 1. The Hall–Kier alpha value is -1.24. The van der Waals surface area contributed by atoms with Crippen molar-refractivity contribution < 1.29 is 19.4 Å². The molecule has 23 heavy (non-hydrogen) atoms. The Morgan fingerprint density at radius 3 is 2.91 bits per heavy atom. The van der Waals surface area contributed by atoms with Crippen LogP contribution < -0.4 is 0 Å². The molecule has 1 saturated heterocycles. The quantitative estimate of drug-likeness (QED) is 0.812. The molecule has 5 nitrogen and oxygen atoms in total. The van der Waals surface area contributed by atoms with Gasteiger partial charge in [0, 0.05) is 30.5 Å². The first-order valence-electron chi connectivity index (χ1n) is 7.36. The lowest BCUT2D eigenvalue weighted by Crippen LogP contribution is -2.38. The van der Waals surface area contributed by atoms with Crippen LogP contribution in [0.1, 0.15) is 18.4 Å². The molecule has 126 valence electrons. The number of methoxy groups -OCH3 is 1. The number of rotatable bonds is 7. The summed E-state index contributed by atoms with van der Waals surface area (Å²) in [4.78, 5) is 25.0. The molecule has 1 heterocycles. The van der Waals surface area contributed by atoms with Crippen molar-refractivity contribution in [2.24, 2.45) is 0 Å². The molecule has 2 unspecified atom stereocenters. The van der Waals surface area contributed by atoms with Crippen LogP contribution in [0.25, 0.3) is 0 Å². The highest BCUT2D eigenvalue weighted by molar-refractivity contribution is 7.99. The van der Waals surface area contributed by atoms with E-state index in [0.717, 1.165) is 5.56 Å². The predicted octanol–water partition coefficient (Wildman–Crippen LogP) is 2.66. The summed E-state index contributed by atoms with van der Waals surface area (Å²) in [6, 6.07) is 7.26. The summed E-state index contributed by atoms with van der Waals surface area (Å²) in [6.07, 6.45) is 0.458. The van der Waals surface area contributed by atoms with Gasteiger partial charge in [-0.05, 0) is 24.1 Å². The Balaban J connectivity index is 1.86. The minimum atomic E-state index is -0.892. The topological polar surface area (TPSA) is 66.8 Å². The standard InChI is InChI=1S/C16H20ClNO4S/c1-22-14-6-13(7-16(20)21)18(8-14)15(19)10-23-9-11-3-2-4-12(17)5-11/h2-5,13-14H,6-10H2,1H3,(H,20,21). The average molecular weight is 358 g/mol. The van der Waals surface area contributed by atoms with Crippen molar-refractivity contribution in [2.75, 3.05) is 19.4 Å². The highest BCUT2D eigenvalue weighted by atomic mass is 35.5. The molecule has 0 radical (unpaired) electrons. The summed E-state index contributed by atoms with van der Waals surface area (Å²) in [5, 5.41) is 9.67. The summed E-state index contributed by atoms with van der Waals surface area (Å²) in [7, 11) is 1.59. The lowest BCUT2D eigenvalue weighted by atomic mass is 10.1. The van der Waals surface area contributed by atoms with Crippen molar-refractivity contribution in [2.45, 2.75) is 30.7 Å². The molecule has 1 aliphatic rings. The molecule has 7 heteroatoms. The van der Waals surface area contributed by atoms with Crippen molar-refractivity contribution >= 4 is 35.2 Å². The zero-order valence-corrected chi connectivity index (χ0v) is 14.5. The summed E-state index contributed by atoms with van der Waals surface area (Å²) >= 11 is 7.44. The number of benzene rings is 1. The van der Waals surface area contributed by atoms with E-state index in [-0.39, 0.29) is 24.5 Å². The minimum absolute atomic E-state index is 0.0371. The van der Waals surface area contributed by atoms with E-state index < -0.39 is 5.97 Å². The molecule has 0 spiro atoms. The highest BCUT2D eigenvalue weighted by Gasteiger charge is 2.36. The number of hydrogen-bond acceptors (Lipinski definition) is 4. The fourth-order valence-electron chi connectivity index (χ4n) is 2.71. The van der Waals surface area contributed by atoms with Gasteiger partial charge in [-0.25, -0.2) is 0 Å². The Bertz CT molecular complexity index is 569. The van der Waals surface area contributed by atoms with Crippen molar-refractivity contribution in [3.8, 4) is 0 Å². The average Bonchev–Trinajstić information content (AvgIpc) is 2.89. The number of carboxylic acids is 1. The number of thioether (sulfide) groups is 1. The van der Waals surface area contributed by atoms with Gasteiger partial charge in [0.2, 0.25) is 5.91 Å². The van der Waals surface area contributed by atoms with Gasteiger partial charge < -0.3 is 14.7 Å². The number of carbonyl (C=O) groups excluding carboxylic acids is 1. The van der Waals surface area contributed by atoms with Gasteiger partial charge in [-0.2, -0.15) is 0 Å². The number of carboxylic acid groups (broad SMARTS) is 1. The normalized spacial score (nSPS) is 20.7. The Morgan fingerprint density at radius 1 is 1.48 bits per heavy atom. The van der Waals surface area contributed by atoms with E-state index in [1.807, 2.05) is 24.3 Å². The molecule has 0 bridgehead atoms. The second kappa shape index (κ2) is 8.57. The molecule has 1 fully saturated rings. The second-order valence-corrected chi connectivity index (χ2v) is 6.94. The number of carbonyl (C=O) groups is 2. The maximum absolute atomic E-state index is 12.4. The molecule has 0 saturated carbocycles. The van der Waals surface area contributed by atoms with Gasteiger partial charge in [-0.15, -0.1) is 11.8 Å². The van der Waals surface area contributed by atoms with Crippen LogP contribution in [-0.2, 0) is 20.1 Å². The van der Waals surface area contributed by atoms with Crippen LogP contribution in [0.15, 0.2) is 24.3 Å². The van der Waals surface area contributed by atoms with Gasteiger partial charge in [-0.1, -0.05) is 23.7 Å². The zero-order chi connectivity index (χ0) is 16.8. The summed E-state index contributed by atoms with van der Waals surface area (Å²) in [6.45, 7) is 0.463. The predicted molar refractivity (Wildman–Crippen MR) is 90.8 cm³/mol. The Morgan fingerprint density at radius 2 is 2.26 bits per heavy atom. The SMILES string of the molecule is COC1CC(CC(=O)O)N(C(=O)CSCc2cccc(Cl)c2)C1. The van der Waals surface area contributed by atoms with E-state index in [2.05, 4.69) is 0 Å². The monoisotopic (exact) mass is 357 g/mol. The third-order valence-electron chi connectivity index (χ3n) is 3.82. The molecular formula is C16H20ClNO4S. The van der Waals surface area contributed by atoms with Gasteiger partial charge >= 0.3 is 5.97 Å². The van der Waals surface area contributed by atoms with Crippen LogP contribution in [0.5, 0.6) is 0 Å². The van der Waals surface area contributed by atoms with E-state index in [4.69, 9.17) is 21.4 Å². The first kappa shape index (κ1) is 18.1. The molecule has 0 aliphatic carbocycles. The Labute approximate surface area is 144 Å². The largest absolute Gasteiger partial charge is 0.481 e. The second-order valence-electron chi connectivity index (χ2n) is 5.51. The van der Waals surface area contributed by atoms with Gasteiger partial charge in [0.05, 0.1) is 18.3 Å². The number of halogens is 1. The molecule has 1 aromatic carbocycles. The Kier molecular flexibility index (Phi) is 6.74. The van der Waals surface area contributed by atoms with Crippen LogP contribution in [-0.4, -0.2) is 53.4 Å². The lowest BCUT2D eigenvalue weighted by molar-refractivity contribution is -0.139. The van der Waals surface area contributed by atoms with Gasteiger partial charge in [0.15, 0.2) is 0 Å². The molecule has 0 aromatic heterocycles. The van der Waals surface area contributed by atoms with Crippen LogP contribution in [0, 0.1) is 0 Å². The van der Waals surface area contributed by atoms with E-state index >= 15 is 0 Å². The van der Waals surface area contributed by atoms with Crippen LogP contribution in [0.4, 0.5) is 0 Å². The first-order valence-corrected chi connectivity index (χ1v) is 8.89. The van der Waals surface area contributed by atoms with Gasteiger partial charge in [-0.3, -0.25) is 9.59 Å². The molecule has 1 aliphatic heterocycles. The first-order chi connectivity index (χ1) is 11.0. The van der Waals surface area contributed by atoms with E-state index in [1.165, 1.54) is 11.8 Å². The summed E-state index contributed by atoms with van der Waals surface area (Å²) in [5.74, 6) is 0.0789. The maximum Gasteiger partial charge on any atom is 0.305 e. The minimum Gasteiger partial charge on any atom is -0.481 e. The van der Waals surface area contributed by atoms with E-state index in [0.29, 0.717) is 29.5 Å². The van der Waals surface area contributed by atoms with E-state index in [1.54, 1.807) is 12.0 Å². The molecule has 1 amide bonds. The summed E-state index contributed by atoms with van der Waals surface area (Å²) < 4.78 is 5.28. The molecule has 1 N–H and O–H groups in total. The number of likely N-dealkylation sites (tertiary alicyclic amines) is 1. The number of hydrogen-bond donors (Lipinski definition) is 1. The molecule has 2 atom stereocenters. The summed E-state index contributed by atoms with van der Waals surface area (Å²) in [5.41, 5.74) is 1.06. The van der Waals surface area contributed by atoms with E-state index in [9.17, 15) is 9.59 Å². The molecule has 2 rings (SSSR count). The van der Waals surface area contributed by atoms with Crippen molar-refractivity contribution in [3.63, 3.8) is 0 Å². The van der Waals surface area contributed by atoms with Gasteiger partial charge in [0.1, 0.15) is 0 Å². The molecular weight excluding hydrogens is 338 g/mol. The number of aliphatic carboxylic acids is 1. The zero-order valence-electron chi connectivity index (χ0n) is 12.9. The van der Waals surface area contributed by atoms with Crippen LogP contribution in [0.3, 0.4) is 0 Å². The number of nitrogens with zero attached hydrogens (tertiary/aromatic N) is 1. The fourth-order valence-corrected chi connectivity index (χ4v) is 3.78. The van der Waals surface area contributed by atoms with Crippen molar-refractivity contribution in [3.05, 3.63) is 34.9 Å². The van der Waals surface area contributed by atoms with Crippen molar-refractivity contribution in [1.29, 1.82) is 0 Å². The van der Waals surface area contributed by atoms with Crippen molar-refractivity contribution in [1.82, 2.24) is 4.90 Å². The third kappa shape index (κ3) is 5.41. The van der Waals surface area contributed by atoms with Crippen LogP contribution >= 0.6 is 23.4 Å². The number of ether oxygens (including phenoxy) is 1. The smallest absolute Gasteiger partial charge is 0.305 e. The lowest BCUT2D eigenvalue weighted by Gasteiger charge is -2.23. The molecule has 1 aromatic rings. The van der Waals surface area contributed by atoms with Gasteiger partial charge in [0.25, 0.3) is 0 Å². The fraction of sp³-hybridized carbons (Fsp3) is 0.500. The van der Waals surface area contributed by atoms with Crippen LogP contribution in [0.2, 0.25) is 5.02 Å². The maximum atomic E-state index is 12.4. The third-order valence-corrected chi connectivity index (χ3v) is 5.05.